The van der Waals surface area contributed by atoms with Crippen molar-refractivity contribution in [2.75, 3.05) is 20.8 Å². The lowest BCUT2D eigenvalue weighted by molar-refractivity contribution is -0.131. The molecule has 0 saturated heterocycles. The molecule has 0 atom stereocenters. The van der Waals surface area contributed by atoms with Crippen molar-refractivity contribution in [2.45, 2.75) is 71.3 Å². The summed E-state index contributed by atoms with van der Waals surface area (Å²) in [5.74, 6) is 1.72. The summed E-state index contributed by atoms with van der Waals surface area (Å²) in [5, 5.41) is 2.07. The second kappa shape index (κ2) is 14.1. The van der Waals surface area contributed by atoms with Crippen LogP contribution in [-0.4, -0.2) is 31.6 Å². The summed E-state index contributed by atoms with van der Waals surface area (Å²) in [6.45, 7) is 3.64. The molecule has 1 aromatic carbocycles. The number of methoxy groups -OCH3 is 2. The number of unbranched alkanes of at least 4 members (excludes halogenated alkanes) is 6. The van der Waals surface area contributed by atoms with Gasteiger partial charge in [-0.25, -0.2) is 0 Å². The molecule has 0 aliphatic rings. The summed E-state index contributed by atoms with van der Waals surface area (Å²) in [7, 11) is 3.29. The molecule has 0 spiro atoms. The molecule has 1 amide bonds. The van der Waals surface area contributed by atoms with Crippen LogP contribution in [0.15, 0.2) is 35.7 Å². The smallest absolute Gasteiger partial charge is 0.222 e. The van der Waals surface area contributed by atoms with Gasteiger partial charge < -0.3 is 14.4 Å². The second-order valence-electron chi connectivity index (χ2n) is 7.71. The van der Waals surface area contributed by atoms with E-state index in [2.05, 4.69) is 18.4 Å². The van der Waals surface area contributed by atoms with Crippen molar-refractivity contribution in [2.24, 2.45) is 0 Å². The molecule has 1 heterocycles. The number of rotatable bonds is 15. The highest BCUT2D eigenvalue weighted by Gasteiger charge is 2.15. The van der Waals surface area contributed by atoms with Crippen LogP contribution in [0.3, 0.4) is 0 Å². The number of thiophene rings is 1. The molecular weight excluding hydrogens is 394 g/mol. The summed E-state index contributed by atoms with van der Waals surface area (Å²) in [4.78, 5) is 16.2. The Labute approximate surface area is 186 Å². The lowest BCUT2D eigenvalue weighted by atomic mass is 10.1. The monoisotopic (exact) mass is 431 g/mol. The minimum atomic E-state index is 0.262. The van der Waals surface area contributed by atoms with Gasteiger partial charge in [0.15, 0.2) is 11.5 Å². The van der Waals surface area contributed by atoms with Gasteiger partial charge in [0, 0.05) is 17.8 Å². The Balaban J connectivity index is 1.88. The number of hydrogen-bond donors (Lipinski definition) is 0. The Morgan fingerprint density at radius 2 is 1.70 bits per heavy atom. The molecule has 0 radical (unpaired) electrons. The SMILES string of the molecule is CCCCCCCCCC(=O)N(CCc1ccc(OC)c(OC)c1)Cc1cccs1. The van der Waals surface area contributed by atoms with E-state index in [1.54, 1.807) is 25.6 Å². The first kappa shape index (κ1) is 24.3. The fourth-order valence-electron chi connectivity index (χ4n) is 3.57. The lowest BCUT2D eigenvalue weighted by Gasteiger charge is -2.22. The quantitative estimate of drug-likeness (QED) is 0.303. The standard InChI is InChI=1S/C25H37NO3S/c1-4-5-6-7-8-9-10-13-25(27)26(20-22-12-11-18-30-22)17-16-21-14-15-23(28-2)24(19-21)29-3/h11-12,14-15,18-19H,4-10,13,16-17,20H2,1-3H3. The minimum Gasteiger partial charge on any atom is -0.493 e. The van der Waals surface area contributed by atoms with E-state index in [-0.39, 0.29) is 5.91 Å². The van der Waals surface area contributed by atoms with Crippen molar-refractivity contribution in [3.05, 3.63) is 46.2 Å². The molecule has 2 rings (SSSR count). The molecule has 5 heteroatoms. The average molecular weight is 432 g/mol. The van der Waals surface area contributed by atoms with Crippen LogP contribution in [0, 0.1) is 0 Å². The first-order chi connectivity index (χ1) is 14.7. The predicted octanol–water partition coefficient (Wildman–Crippen LogP) is 6.48. The van der Waals surface area contributed by atoms with Gasteiger partial charge in [0.2, 0.25) is 5.91 Å². The van der Waals surface area contributed by atoms with E-state index >= 15 is 0 Å². The maximum absolute atomic E-state index is 12.9. The number of carbonyl (C=O) groups excluding carboxylic acids is 1. The van der Waals surface area contributed by atoms with Crippen molar-refractivity contribution < 1.29 is 14.3 Å². The van der Waals surface area contributed by atoms with Gasteiger partial charge >= 0.3 is 0 Å². The largest absolute Gasteiger partial charge is 0.493 e. The number of carbonyl (C=O) groups is 1. The third-order valence-corrected chi connectivity index (χ3v) is 6.25. The fourth-order valence-corrected chi connectivity index (χ4v) is 4.29. The zero-order valence-corrected chi connectivity index (χ0v) is 19.6. The van der Waals surface area contributed by atoms with Gasteiger partial charge in [-0.1, -0.05) is 57.6 Å². The van der Waals surface area contributed by atoms with E-state index in [0.717, 1.165) is 36.3 Å². The van der Waals surface area contributed by atoms with Crippen LogP contribution in [-0.2, 0) is 17.8 Å². The average Bonchev–Trinajstić information content (AvgIpc) is 3.28. The van der Waals surface area contributed by atoms with Crippen molar-refractivity contribution in [1.29, 1.82) is 0 Å². The topological polar surface area (TPSA) is 38.8 Å². The molecule has 1 aromatic heterocycles. The summed E-state index contributed by atoms with van der Waals surface area (Å²) < 4.78 is 10.7. The first-order valence-electron chi connectivity index (χ1n) is 11.2. The number of nitrogens with zero attached hydrogens (tertiary/aromatic N) is 1. The second-order valence-corrected chi connectivity index (χ2v) is 8.74. The van der Waals surface area contributed by atoms with E-state index in [9.17, 15) is 4.79 Å². The van der Waals surface area contributed by atoms with E-state index in [0.29, 0.717) is 19.5 Å². The maximum Gasteiger partial charge on any atom is 0.222 e. The summed E-state index contributed by atoms with van der Waals surface area (Å²) in [5.41, 5.74) is 1.15. The highest BCUT2D eigenvalue weighted by Crippen LogP contribution is 2.28. The molecular formula is C25H37NO3S. The van der Waals surface area contributed by atoms with Gasteiger partial charge in [-0.05, 0) is 42.0 Å². The zero-order chi connectivity index (χ0) is 21.6. The van der Waals surface area contributed by atoms with Crippen molar-refractivity contribution in [1.82, 2.24) is 4.90 Å². The van der Waals surface area contributed by atoms with E-state index in [4.69, 9.17) is 9.47 Å². The van der Waals surface area contributed by atoms with Gasteiger partial charge in [0.05, 0.1) is 20.8 Å². The Hall–Kier alpha value is -2.01. The molecule has 0 fully saturated rings. The van der Waals surface area contributed by atoms with Crippen molar-refractivity contribution in [3.8, 4) is 11.5 Å². The highest BCUT2D eigenvalue weighted by atomic mass is 32.1. The number of ether oxygens (including phenoxy) is 2. The number of hydrogen-bond acceptors (Lipinski definition) is 4. The number of amides is 1. The van der Waals surface area contributed by atoms with Gasteiger partial charge in [-0.15, -0.1) is 11.3 Å². The fraction of sp³-hybridized carbons (Fsp3) is 0.560. The molecule has 0 aliphatic carbocycles. The van der Waals surface area contributed by atoms with E-state index < -0.39 is 0 Å². The van der Waals surface area contributed by atoms with E-state index in [1.807, 2.05) is 29.2 Å². The normalized spacial score (nSPS) is 10.8. The van der Waals surface area contributed by atoms with Gasteiger partial charge in [-0.2, -0.15) is 0 Å². The van der Waals surface area contributed by atoms with Crippen molar-refractivity contribution in [3.63, 3.8) is 0 Å². The Morgan fingerprint density at radius 1 is 0.967 bits per heavy atom. The summed E-state index contributed by atoms with van der Waals surface area (Å²) >= 11 is 1.71. The van der Waals surface area contributed by atoms with Crippen LogP contribution >= 0.6 is 11.3 Å². The zero-order valence-electron chi connectivity index (χ0n) is 18.8. The van der Waals surface area contributed by atoms with Crippen LogP contribution < -0.4 is 9.47 Å². The molecule has 4 nitrogen and oxygen atoms in total. The van der Waals surface area contributed by atoms with Crippen LogP contribution in [0.2, 0.25) is 0 Å². The molecule has 0 unspecified atom stereocenters. The Kier molecular flexibility index (Phi) is 11.4. The van der Waals surface area contributed by atoms with Gasteiger partial charge in [-0.3, -0.25) is 4.79 Å². The third-order valence-electron chi connectivity index (χ3n) is 5.39. The molecule has 0 bridgehead atoms. The van der Waals surface area contributed by atoms with Gasteiger partial charge in [0.25, 0.3) is 0 Å². The van der Waals surface area contributed by atoms with Crippen LogP contribution in [0.25, 0.3) is 0 Å². The minimum absolute atomic E-state index is 0.262. The molecule has 166 valence electrons. The summed E-state index contributed by atoms with van der Waals surface area (Å²) in [6, 6.07) is 10.1. The lowest BCUT2D eigenvalue weighted by Crippen LogP contribution is -2.32. The predicted molar refractivity (Wildman–Crippen MR) is 126 cm³/mol. The molecule has 0 N–H and O–H groups in total. The first-order valence-corrected chi connectivity index (χ1v) is 12.1. The van der Waals surface area contributed by atoms with Crippen LogP contribution in [0.4, 0.5) is 0 Å². The van der Waals surface area contributed by atoms with Crippen molar-refractivity contribution >= 4 is 17.2 Å². The summed E-state index contributed by atoms with van der Waals surface area (Å²) in [6.07, 6.45) is 10.0. The molecule has 0 aliphatic heterocycles. The molecule has 2 aromatic rings. The van der Waals surface area contributed by atoms with E-state index in [1.165, 1.54) is 37.0 Å². The third kappa shape index (κ3) is 8.39. The molecule has 0 saturated carbocycles. The maximum atomic E-state index is 12.9. The highest BCUT2D eigenvalue weighted by molar-refractivity contribution is 7.09. The van der Waals surface area contributed by atoms with Crippen LogP contribution in [0.1, 0.15) is 68.7 Å². The molecule has 30 heavy (non-hydrogen) atoms. The Morgan fingerprint density at radius 3 is 2.37 bits per heavy atom. The van der Waals surface area contributed by atoms with Gasteiger partial charge in [0.1, 0.15) is 0 Å². The Bertz CT molecular complexity index is 730. The van der Waals surface area contributed by atoms with Crippen LogP contribution in [0.5, 0.6) is 11.5 Å². The number of benzene rings is 1.